The summed E-state index contributed by atoms with van der Waals surface area (Å²) in [5.74, 6) is -0.340. The molecule has 2 rings (SSSR count). The molecule has 0 saturated carbocycles. The van der Waals surface area contributed by atoms with Crippen LogP contribution >= 0.6 is 15.9 Å². The molecule has 0 radical (unpaired) electrons. The predicted octanol–water partition coefficient (Wildman–Crippen LogP) is 2.40. The van der Waals surface area contributed by atoms with Crippen LogP contribution in [-0.4, -0.2) is 48.2 Å². The molecule has 1 aromatic carbocycles. The van der Waals surface area contributed by atoms with Crippen LogP contribution in [0, 0.1) is 10.1 Å². The Kier molecular flexibility index (Phi) is 5.41. The molecule has 1 unspecified atom stereocenters. The summed E-state index contributed by atoms with van der Waals surface area (Å²) >= 11 is 3.08. The molecule has 9 heteroatoms. The molecular formula is C14H17BrN2O5S. The van der Waals surface area contributed by atoms with E-state index in [9.17, 15) is 23.3 Å². The van der Waals surface area contributed by atoms with Gasteiger partial charge in [-0.15, -0.1) is 0 Å². The largest absolute Gasteiger partial charge is 0.335 e. The molecular weight excluding hydrogens is 388 g/mol. The molecule has 1 aliphatic heterocycles. The van der Waals surface area contributed by atoms with Gasteiger partial charge >= 0.3 is 0 Å². The predicted molar refractivity (Wildman–Crippen MR) is 89.2 cm³/mol. The summed E-state index contributed by atoms with van der Waals surface area (Å²) in [6.07, 6.45) is 1.09. The number of benzene rings is 1. The van der Waals surface area contributed by atoms with Crippen LogP contribution in [0.15, 0.2) is 22.7 Å². The lowest BCUT2D eigenvalue weighted by Gasteiger charge is -2.28. The highest BCUT2D eigenvalue weighted by Gasteiger charge is 2.35. The van der Waals surface area contributed by atoms with Crippen molar-refractivity contribution in [3.05, 3.63) is 38.3 Å². The van der Waals surface area contributed by atoms with E-state index in [-0.39, 0.29) is 34.7 Å². The third-order valence-corrected chi connectivity index (χ3v) is 6.19. The molecule has 23 heavy (non-hydrogen) atoms. The minimum atomic E-state index is -3.11. The quantitative estimate of drug-likeness (QED) is 0.554. The van der Waals surface area contributed by atoms with Gasteiger partial charge in [0.25, 0.3) is 11.6 Å². The molecule has 0 N–H and O–H groups in total. The van der Waals surface area contributed by atoms with Gasteiger partial charge in [0, 0.05) is 24.2 Å². The number of carbonyl (C=O) groups excluding carboxylic acids is 1. The summed E-state index contributed by atoms with van der Waals surface area (Å²) < 4.78 is 23.6. The summed E-state index contributed by atoms with van der Waals surface area (Å²) in [5.41, 5.74) is 0.00369. The average Bonchev–Trinajstić information content (AvgIpc) is 2.84. The number of carbonyl (C=O) groups is 1. The maximum atomic E-state index is 12.7. The van der Waals surface area contributed by atoms with E-state index in [2.05, 4.69) is 15.9 Å². The van der Waals surface area contributed by atoms with Crippen LogP contribution in [0.5, 0.6) is 0 Å². The van der Waals surface area contributed by atoms with Gasteiger partial charge in [-0.1, -0.05) is 6.92 Å². The lowest BCUT2D eigenvalue weighted by Crippen LogP contribution is -2.41. The van der Waals surface area contributed by atoms with Crippen molar-refractivity contribution in [3.8, 4) is 0 Å². The minimum absolute atomic E-state index is 0.0443. The summed E-state index contributed by atoms with van der Waals surface area (Å²) in [5, 5.41) is 11.0. The van der Waals surface area contributed by atoms with Crippen molar-refractivity contribution >= 4 is 37.4 Å². The van der Waals surface area contributed by atoms with Crippen LogP contribution in [0.2, 0.25) is 0 Å². The van der Waals surface area contributed by atoms with Crippen molar-refractivity contribution in [2.75, 3.05) is 18.1 Å². The molecule has 1 heterocycles. The fourth-order valence-electron chi connectivity index (χ4n) is 2.66. The summed E-state index contributed by atoms with van der Waals surface area (Å²) in [7, 11) is -3.11. The first-order valence-corrected chi connectivity index (χ1v) is 9.82. The molecule has 1 atom stereocenters. The second-order valence-corrected chi connectivity index (χ2v) is 8.56. The molecule has 0 spiro atoms. The Morgan fingerprint density at radius 3 is 2.70 bits per heavy atom. The molecule has 0 bridgehead atoms. The average molecular weight is 405 g/mol. The Bertz CT molecular complexity index is 735. The van der Waals surface area contributed by atoms with Crippen molar-refractivity contribution in [1.82, 2.24) is 4.90 Å². The summed E-state index contributed by atoms with van der Waals surface area (Å²) in [4.78, 5) is 24.7. The van der Waals surface area contributed by atoms with Crippen molar-refractivity contribution in [1.29, 1.82) is 0 Å². The number of nitrogens with zero attached hydrogens (tertiary/aromatic N) is 2. The highest BCUT2D eigenvalue weighted by molar-refractivity contribution is 9.10. The first kappa shape index (κ1) is 17.9. The molecule has 0 aliphatic carbocycles. The zero-order valence-corrected chi connectivity index (χ0v) is 15.0. The van der Waals surface area contributed by atoms with Crippen LogP contribution in [0.3, 0.4) is 0 Å². The fourth-order valence-corrected chi connectivity index (χ4v) is 4.79. The van der Waals surface area contributed by atoms with Crippen LogP contribution in [0.25, 0.3) is 0 Å². The standard InChI is InChI=1S/C14H17BrN2O5S/c1-2-6-16(11-5-7-23(21,22)9-11)14(18)10-3-4-12(15)13(8-10)17(19)20/h3-4,8,11H,2,5-7,9H2,1H3. The van der Waals surface area contributed by atoms with E-state index in [1.54, 1.807) is 0 Å². The van der Waals surface area contributed by atoms with Crippen LogP contribution < -0.4 is 0 Å². The lowest BCUT2D eigenvalue weighted by molar-refractivity contribution is -0.385. The number of amides is 1. The van der Waals surface area contributed by atoms with E-state index in [1.807, 2.05) is 6.92 Å². The Balaban J connectivity index is 2.31. The van der Waals surface area contributed by atoms with Crippen molar-refractivity contribution in [2.45, 2.75) is 25.8 Å². The number of rotatable bonds is 5. The van der Waals surface area contributed by atoms with E-state index in [1.165, 1.54) is 23.1 Å². The molecule has 1 amide bonds. The highest BCUT2D eigenvalue weighted by atomic mass is 79.9. The molecule has 7 nitrogen and oxygen atoms in total. The SMILES string of the molecule is CCCN(C(=O)c1ccc(Br)c([N+](=O)[O-])c1)C1CCS(=O)(=O)C1. The summed E-state index contributed by atoms with van der Waals surface area (Å²) in [6, 6.07) is 3.82. The Labute approximate surface area is 142 Å². The topological polar surface area (TPSA) is 97.6 Å². The van der Waals surface area contributed by atoms with Gasteiger partial charge in [-0.2, -0.15) is 0 Å². The van der Waals surface area contributed by atoms with Gasteiger partial charge < -0.3 is 4.90 Å². The number of hydrogen-bond donors (Lipinski definition) is 0. The lowest BCUT2D eigenvalue weighted by atomic mass is 10.1. The zero-order valence-electron chi connectivity index (χ0n) is 12.6. The van der Waals surface area contributed by atoms with Gasteiger partial charge in [0.2, 0.25) is 0 Å². The summed E-state index contributed by atoms with van der Waals surface area (Å²) in [6.45, 7) is 2.32. The van der Waals surface area contributed by atoms with E-state index in [0.717, 1.165) is 0 Å². The van der Waals surface area contributed by atoms with Crippen molar-refractivity contribution in [3.63, 3.8) is 0 Å². The number of halogens is 1. The van der Waals surface area contributed by atoms with Gasteiger partial charge in [-0.3, -0.25) is 14.9 Å². The fraction of sp³-hybridized carbons (Fsp3) is 0.500. The highest BCUT2D eigenvalue weighted by Crippen LogP contribution is 2.27. The minimum Gasteiger partial charge on any atom is -0.335 e. The molecule has 126 valence electrons. The number of nitro benzene ring substituents is 1. The van der Waals surface area contributed by atoms with E-state index in [4.69, 9.17) is 0 Å². The maximum Gasteiger partial charge on any atom is 0.284 e. The third kappa shape index (κ3) is 4.08. The van der Waals surface area contributed by atoms with Crippen LogP contribution in [0.4, 0.5) is 5.69 Å². The monoisotopic (exact) mass is 404 g/mol. The number of nitro groups is 1. The van der Waals surface area contributed by atoms with Gasteiger partial charge in [0.1, 0.15) is 0 Å². The van der Waals surface area contributed by atoms with Crippen molar-refractivity contribution < 1.29 is 18.1 Å². The third-order valence-electron chi connectivity index (χ3n) is 3.76. The van der Waals surface area contributed by atoms with Crippen LogP contribution in [0.1, 0.15) is 30.1 Å². The molecule has 0 aromatic heterocycles. The normalized spacial score (nSPS) is 19.5. The second kappa shape index (κ2) is 6.96. The van der Waals surface area contributed by atoms with E-state index >= 15 is 0 Å². The van der Waals surface area contributed by atoms with E-state index in [0.29, 0.717) is 23.9 Å². The molecule has 1 saturated heterocycles. The second-order valence-electron chi connectivity index (χ2n) is 5.48. The van der Waals surface area contributed by atoms with Crippen molar-refractivity contribution in [2.24, 2.45) is 0 Å². The molecule has 1 aromatic rings. The Morgan fingerprint density at radius 2 is 2.17 bits per heavy atom. The molecule has 1 fully saturated rings. The van der Waals surface area contributed by atoms with E-state index < -0.39 is 14.8 Å². The first-order chi connectivity index (χ1) is 10.7. The van der Waals surface area contributed by atoms with Gasteiger partial charge in [0.05, 0.1) is 20.9 Å². The first-order valence-electron chi connectivity index (χ1n) is 7.20. The zero-order chi connectivity index (χ0) is 17.2. The van der Waals surface area contributed by atoms with Gasteiger partial charge in [-0.25, -0.2) is 8.42 Å². The Hall–Kier alpha value is -1.48. The van der Waals surface area contributed by atoms with Gasteiger partial charge in [-0.05, 0) is 40.9 Å². The maximum absolute atomic E-state index is 12.7. The van der Waals surface area contributed by atoms with Crippen LogP contribution in [-0.2, 0) is 9.84 Å². The number of sulfone groups is 1. The molecule has 1 aliphatic rings. The Morgan fingerprint density at radius 1 is 1.48 bits per heavy atom. The van der Waals surface area contributed by atoms with Gasteiger partial charge in [0.15, 0.2) is 9.84 Å². The number of hydrogen-bond acceptors (Lipinski definition) is 5. The smallest absolute Gasteiger partial charge is 0.284 e.